The summed E-state index contributed by atoms with van der Waals surface area (Å²) in [6.45, 7) is 1.96. The van der Waals surface area contributed by atoms with Gasteiger partial charge in [0.1, 0.15) is 11.9 Å². The van der Waals surface area contributed by atoms with Crippen molar-refractivity contribution in [1.82, 2.24) is 0 Å². The monoisotopic (exact) mass is 431 g/mol. The number of rotatable bonds is 4. The zero-order chi connectivity index (χ0) is 13.8. The second-order valence-electron chi connectivity index (χ2n) is 4.41. The van der Waals surface area contributed by atoms with Gasteiger partial charge in [-0.2, -0.15) is 0 Å². The van der Waals surface area contributed by atoms with Crippen LogP contribution < -0.4 is 10.5 Å². The molecule has 0 saturated carbocycles. The van der Waals surface area contributed by atoms with E-state index in [9.17, 15) is 0 Å². The van der Waals surface area contributed by atoms with Crippen molar-refractivity contribution < 1.29 is 4.74 Å². The number of halogens is 2. The van der Waals surface area contributed by atoms with E-state index >= 15 is 0 Å². The highest BCUT2D eigenvalue weighted by Crippen LogP contribution is 2.26. The Kier molecular flexibility index (Phi) is 5.24. The van der Waals surface area contributed by atoms with Gasteiger partial charge in [-0.25, -0.2) is 0 Å². The Morgan fingerprint density at radius 1 is 1.16 bits per heavy atom. The van der Waals surface area contributed by atoms with E-state index in [0.29, 0.717) is 0 Å². The first-order valence-electron chi connectivity index (χ1n) is 5.99. The lowest BCUT2D eigenvalue weighted by Gasteiger charge is -2.23. The molecule has 2 rings (SSSR count). The van der Waals surface area contributed by atoms with Crippen LogP contribution in [0.4, 0.5) is 0 Å². The van der Waals surface area contributed by atoms with Crippen LogP contribution in [0, 0.1) is 3.57 Å². The van der Waals surface area contributed by atoms with E-state index in [1.54, 1.807) is 0 Å². The molecule has 2 aromatic rings. The molecule has 4 heteroatoms. The second-order valence-corrected chi connectivity index (χ2v) is 6.57. The maximum absolute atomic E-state index is 6.05. The van der Waals surface area contributed by atoms with E-state index in [1.165, 1.54) is 3.57 Å². The molecule has 0 aliphatic rings. The molecule has 2 aromatic carbocycles. The molecule has 0 heterocycles. The molecule has 0 bridgehead atoms. The fraction of sp³-hybridized carbons (Fsp3) is 0.200. The molecule has 0 spiro atoms. The molecule has 2 nitrogen and oxygen atoms in total. The molecule has 2 N–H and O–H groups in total. The molecule has 0 fully saturated rings. The zero-order valence-corrected chi connectivity index (χ0v) is 14.3. The van der Waals surface area contributed by atoms with Crippen molar-refractivity contribution in [3.8, 4) is 5.75 Å². The van der Waals surface area contributed by atoms with Crippen molar-refractivity contribution in [1.29, 1.82) is 0 Å². The third-order valence-electron chi connectivity index (χ3n) is 2.73. The molecule has 2 atom stereocenters. The van der Waals surface area contributed by atoms with E-state index in [4.69, 9.17) is 10.5 Å². The Balaban J connectivity index is 2.23. The lowest BCUT2D eigenvalue weighted by Crippen LogP contribution is -2.29. The van der Waals surface area contributed by atoms with Crippen LogP contribution in [0.2, 0.25) is 0 Å². The van der Waals surface area contributed by atoms with Crippen molar-refractivity contribution in [3.05, 3.63) is 62.1 Å². The highest BCUT2D eigenvalue weighted by Gasteiger charge is 2.18. The van der Waals surface area contributed by atoms with Gasteiger partial charge in [-0.3, -0.25) is 0 Å². The SMILES string of the molecule is CC(N)C(Oc1ccc(I)cc1)c1cccc(Br)c1. The van der Waals surface area contributed by atoms with Crippen LogP contribution in [0.5, 0.6) is 5.75 Å². The molecule has 0 aliphatic carbocycles. The fourth-order valence-electron chi connectivity index (χ4n) is 1.82. The minimum Gasteiger partial charge on any atom is -0.484 e. The number of hydrogen-bond donors (Lipinski definition) is 1. The van der Waals surface area contributed by atoms with Gasteiger partial charge in [0.05, 0.1) is 0 Å². The first kappa shape index (κ1) is 14.8. The minimum absolute atomic E-state index is 0.0893. The first-order chi connectivity index (χ1) is 9.06. The molecule has 0 aliphatic heterocycles. The summed E-state index contributed by atoms with van der Waals surface area (Å²) in [5.74, 6) is 0.836. The number of benzene rings is 2. The van der Waals surface area contributed by atoms with Crippen molar-refractivity contribution in [2.24, 2.45) is 5.73 Å². The molecule has 0 saturated heterocycles. The van der Waals surface area contributed by atoms with Gasteiger partial charge >= 0.3 is 0 Å². The average Bonchev–Trinajstić information content (AvgIpc) is 2.37. The Labute approximate surface area is 135 Å². The van der Waals surface area contributed by atoms with Crippen LogP contribution in [0.1, 0.15) is 18.6 Å². The number of hydrogen-bond acceptors (Lipinski definition) is 2. The number of nitrogens with two attached hydrogens (primary N) is 1. The summed E-state index contributed by atoms with van der Waals surface area (Å²) >= 11 is 5.75. The lowest BCUT2D eigenvalue weighted by atomic mass is 10.0. The second kappa shape index (κ2) is 6.72. The Bertz CT molecular complexity index is 542. The highest BCUT2D eigenvalue weighted by atomic mass is 127. The fourth-order valence-corrected chi connectivity index (χ4v) is 2.60. The van der Waals surface area contributed by atoms with Crippen molar-refractivity contribution in [2.75, 3.05) is 0 Å². The summed E-state index contributed by atoms with van der Waals surface area (Å²) < 4.78 is 8.24. The molecule has 0 aromatic heterocycles. The molecule has 2 unspecified atom stereocenters. The van der Waals surface area contributed by atoms with Gasteiger partial charge in [-0.1, -0.05) is 28.1 Å². The molecule has 100 valence electrons. The predicted octanol–water partition coefficient (Wildman–Crippen LogP) is 4.52. The van der Waals surface area contributed by atoms with Crippen LogP contribution in [0.15, 0.2) is 53.0 Å². The van der Waals surface area contributed by atoms with Gasteiger partial charge in [0.2, 0.25) is 0 Å². The molecule has 0 radical (unpaired) electrons. The van der Waals surface area contributed by atoms with Crippen LogP contribution in [0.25, 0.3) is 0 Å². The zero-order valence-electron chi connectivity index (χ0n) is 10.5. The van der Waals surface area contributed by atoms with Gasteiger partial charge in [0, 0.05) is 14.1 Å². The molecular formula is C15H15BrINO. The van der Waals surface area contributed by atoms with Gasteiger partial charge in [-0.15, -0.1) is 0 Å². The first-order valence-corrected chi connectivity index (χ1v) is 7.86. The van der Waals surface area contributed by atoms with E-state index in [2.05, 4.69) is 38.5 Å². The topological polar surface area (TPSA) is 35.2 Å². The normalized spacial score (nSPS) is 13.9. The van der Waals surface area contributed by atoms with E-state index in [1.807, 2.05) is 55.5 Å². The van der Waals surface area contributed by atoms with Gasteiger partial charge < -0.3 is 10.5 Å². The summed E-state index contributed by atoms with van der Waals surface area (Å²) in [5, 5.41) is 0. The quantitative estimate of drug-likeness (QED) is 0.722. The summed E-state index contributed by atoms with van der Waals surface area (Å²) in [7, 11) is 0. The average molecular weight is 432 g/mol. The van der Waals surface area contributed by atoms with Crippen LogP contribution >= 0.6 is 38.5 Å². The van der Waals surface area contributed by atoms with Crippen molar-refractivity contribution in [3.63, 3.8) is 0 Å². The van der Waals surface area contributed by atoms with E-state index in [0.717, 1.165) is 15.8 Å². The smallest absolute Gasteiger partial charge is 0.138 e. The summed E-state index contributed by atoms with van der Waals surface area (Å²) in [6.07, 6.45) is -0.155. The maximum atomic E-state index is 6.05. The third-order valence-corrected chi connectivity index (χ3v) is 3.94. The summed E-state index contributed by atoms with van der Waals surface area (Å²) in [6, 6.07) is 16.0. The van der Waals surface area contributed by atoms with Crippen LogP contribution in [-0.4, -0.2) is 6.04 Å². The lowest BCUT2D eigenvalue weighted by molar-refractivity contribution is 0.180. The largest absolute Gasteiger partial charge is 0.484 e. The maximum Gasteiger partial charge on any atom is 0.138 e. The van der Waals surface area contributed by atoms with Gasteiger partial charge in [-0.05, 0) is 71.5 Å². The third kappa shape index (κ3) is 4.19. The minimum atomic E-state index is -0.155. The summed E-state index contributed by atoms with van der Waals surface area (Å²) in [5.41, 5.74) is 7.13. The molecular weight excluding hydrogens is 417 g/mol. The van der Waals surface area contributed by atoms with Gasteiger partial charge in [0.15, 0.2) is 0 Å². The number of ether oxygens (including phenoxy) is 1. The Morgan fingerprint density at radius 3 is 2.42 bits per heavy atom. The van der Waals surface area contributed by atoms with Crippen LogP contribution in [-0.2, 0) is 0 Å². The Morgan fingerprint density at radius 2 is 1.84 bits per heavy atom. The molecule has 0 amide bonds. The predicted molar refractivity (Wildman–Crippen MR) is 90.3 cm³/mol. The standard InChI is InChI=1S/C15H15BrINO/c1-10(18)15(11-3-2-4-12(16)9-11)19-14-7-5-13(17)6-8-14/h2-10,15H,18H2,1H3. The van der Waals surface area contributed by atoms with Crippen LogP contribution in [0.3, 0.4) is 0 Å². The molecule has 19 heavy (non-hydrogen) atoms. The van der Waals surface area contributed by atoms with E-state index < -0.39 is 0 Å². The summed E-state index contributed by atoms with van der Waals surface area (Å²) in [4.78, 5) is 0. The Hall–Kier alpha value is -0.590. The van der Waals surface area contributed by atoms with Crippen molar-refractivity contribution in [2.45, 2.75) is 19.1 Å². The van der Waals surface area contributed by atoms with Gasteiger partial charge in [0.25, 0.3) is 0 Å². The van der Waals surface area contributed by atoms with Crippen molar-refractivity contribution >= 4 is 38.5 Å². The van der Waals surface area contributed by atoms with E-state index in [-0.39, 0.29) is 12.1 Å². The highest BCUT2D eigenvalue weighted by molar-refractivity contribution is 14.1.